The molecule has 1 aliphatic heterocycles. The normalized spacial score (nSPS) is 13.6. The number of aromatic nitrogens is 2. The van der Waals surface area contributed by atoms with Gasteiger partial charge < -0.3 is 4.57 Å². The number of benzene rings is 2. The van der Waals surface area contributed by atoms with E-state index in [1.807, 2.05) is 12.3 Å². The van der Waals surface area contributed by atoms with Gasteiger partial charge in [0.15, 0.2) is 0 Å². The second-order valence-electron chi connectivity index (χ2n) is 5.96. The molecule has 7 heteroatoms. The van der Waals surface area contributed by atoms with E-state index in [1.54, 1.807) is 18.2 Å². The molecule has 0 saturated heterocycles. The van der Waals surface area contributed by atoms with Gasteiger partial charge in [0.2, 0.25) is 0 Å². The number of rotatable bonds is 4. The van der Waals surface area contributed by atoms with E-state index < -0.39 is 15.8 Å². The Bertz CT molecular complexity index is 1040. The van der Waals surface area contributed by atoms with Gasteiger partial charge in [0.25, 0.3) is 10.0 Å². The lowest BCUT2D eigenvalue weighted by molar-refractivity contribution is 0.595. The fraction of sp³-hybridized carbons (Fsp3) is 0.167. The van der Waals surface area contributed by atoms with E-state index >= 15 is 0 Å². The molecule has 0 radical (unpaired) electrons. The average Bonchev–Trinajstić information content (AvgIpc) is 3.18. The molecular formula is C18H16FN3O2S. The number of aryl methyl sites for hydroxylation is 1. The summed E-state index contributed by atoms with van der Waals surface area (Å²) in [4.78, 5) is 4.31. The smallest absolute Gasteiger partial charge is 0.261 e. The van der Waals surface area contributed by atoms with Crippen LogP contribution in [0.2, 0.25) is 0 Å². The van der Waals surface area contributed by atoms with E-state index in [0.717, 1.165) is 42.5 Å². The Labute approximate surface area is 145 Å². The molecule has 1 N–H and O–H groups in total. The Morgan fingerprint density at radius 1 is 1.12 bits per heavy atom. The van der Waals surface area contributed by atoms with Gasteiger partial charge in [-0.3, -0.25) is 4.72 Å². The Hall–Kier alpha value is -2.67. The fourth-order valence-electron chi connectivity index (χ4n) is 3.08. The highest BCUT2D eigenvalue weighted by Gasteiger charge is 2.18. The Balaban J connectivity index is 1.66. The third-order valence-corrected chi connectivity index (χ3v) is 5.62. The molecule has 0 spiro atoms. The van der Waals surface area contributed by atoms with Crippen molar-refractivity contribution in [1.82, 2.24) is 9.55 Å². The number of halogens is 1. The zero-order valence-corrected chi connectivity index (χ0v) is 14.1. The van der Waals surface area contributed by atoms with E-state index in [0.29, 0.717) is 5.69 Å². The van der Waals surface area contributed by atoms with Gasteiger partial charge in [-0.15, -0.1) is 0 Å². The average molecular weight is 357 g/mol. The summed E-state index contributed by atoms with van der Waals surface area (Å²) in [5.41, 5.74) is 2.29. The minimum absolute atomic E-state index is 0.108. The van der Waals surface area contributed by atoms with Crippen LogP contribution in [0.3, 0.4) is 0 Å². The highest BCUT2D eigenvalue weighted by atomic mass is 32.2. The van der Waals surface area contributed by atoms with Crippen LogP contribution in [0.4, 0.5) is 10.1 Å². The maximum absolute atomic E-state index is 13.3. The first-order chi connectivity index (χ1) is 12.0. The molecule has 2 heterocycles. The quantitative estimate of drug-likeness (QED) is 0.778. The summed E-state index contributed by atoms with van der Waals surface area (Å²) >= 11 is 0. The third-order valence-electron chi connectivity index (χ3n) is 4.24. The van der Waals surface area contributed by atoms with Crippen molar-refractivity contribution in [3.05, 3.63) is 66.4 Å². The molecule has 4 rings (SSSR count). The molecule has 128 valence electrons. The standard InChI is InChI=1S/C18H16FN3O2S/c19-14-5-2-7-16(11-14)25(23,24)21-15-6-1-4-13(10-15)17-12-20-18-8-3-9-22(17)18/h1-2,4-7,10-12,21H,3,8-9H2. The number of nitrogens with one attached hydrogen (secondary N) is 1. The van der Waals surface area contributed by atoms with E-state index in [9.17, 15) is 12.8 Å². The van der Waals surface area contributed by atoms with Crippen LogP contribution in [-0.4, -0.2) is 18.0 Å². The molecular weight excluding hydrogens is 341 g/mol. The number of fused-ring (bicyclic) bond motifs is 1. The van der Waals surface area contributed by atoms with E-state index in [2.05, 4.69) is 14.3 Å². The van der Waals surface area contributed by atoms with Gasteiger partial charge in [-0.25, -0.2) is 17.8 Å². The van der Waals surface area contributed by atoms with Crippen LogP contribution < -0.4 is 4.72 Å². The first-order valence-electron chi connectivity index (χ1n) is 7.96. The van der Waals surface area contributed by atoms with Crippen LogP contribution in [0.5, 0.6) is 0 Å². The van der Waals surface area contributed by atoms with Crippen molar-refractivity contribution < 1.29 is 12.8 Å². The van der Waals surface area contributed by atoms with Crippen molar-refractivity contribution in [2.45, 2.75) is 24.3 Å². The number of anilines is 1. The van der Waals surface area contributed by atoms with Crippen molar-refractivity contribution >= 4 is 15.7 Å². The van der Waals surface area contributed by atoms with Crippen molar-refractivity contribution in [2.75, 3.05) is 4.72 Å². The van der Waals surface area contributed by atoms with Crippen molar-refractivity contribution in [1.29, 1.82) is 0 Å². The van der Waals surface area contributed by atoms with Crippen molar-refractivity contribution in [2.24, 2.45) is 0 Å². The lowest BCUT2D eigenvalue weighted by atomic mass is 10.1. The van der Waals surface area contributed by atoms with Gasteiger partial charge in [-0.1, -0.05) is 18.2 Å². The molecule has 0 bridgehead atoms. The summed E-state index contributed by atoms with van der Waals surface area (Å²) in [6, 6.07) is 12.1. The maximum atomic E-state index is 13.3. The first kappa shape index (κ1) is 15.8. The minimum Gasteiger partial charge on any atom is -0.328 e. The van der Waals surface area contributed by atoms with Crippen LogP contribution in [0.15, 0.2) is 59.6 Å². The Morgan fingerprint density at radius 3 is 2.80 bits per heavy atom. The van der Waals surface area contributed by atoms with E-state index in [-0.39, 0.29) is 4.90 Å². The highest BCUT2D eigenvalue weighted by molar-refractivity contribution is 7.92. The maximum Gasteiger partial charge on any atom is 0.261 e. The summed E-state index contributed by atoms with van der Waals surface area (Å²) in [6.45, 7) is 0.921. The zero-order valence-electron chi connectivity index (χ0n) is 13.3. The van der Waals surface area contributed by atoms with Gasteiger partial charge in [0.05, 0.1) is 16.8 Å². The SMILES string of the molecule is O=S(=O)(Nc1cccc(-c2cnc3n2CCC3)c1)c1cccc(F)c1. The Kier molecular flexibility index (Phi) is 3.80. The number of imidazole rings is 1. The molecule has 5 nitrogen and oxygen atoms in total. The van der Waals surface area contributed by atoms with E-state index in [1.165, 1.54) is 18.2 Å². The lowest BCUT2D eigenvalue weighted by Crippen LogP contribution is -2.13. The monoisotopic (exact) mass is 357 g/mol. The molecule has 25 heavy (non-hydrogen) atoms. The van der Waals surface area contributed by atoms with Crippen LogP contribution >= 0.6 is 0 Å². The first-order valence-corrected chi connectivity index (χ1v) is 9.44. The highest BCUT2D eigenvalue weighted by Crippen LogP contribution is 2.28. The summed E-state index contributed by atoms with van der Waals surface area (Å²) in [7, 11) is -3.85. The van der Waals surface area contributed by atoms with Gasteiger partial charge in [0, 0.05) is 24.2 Å². The fourth-order valence-corrected chi connectivity index (χ4v) is 4.16. The largest absolute Gasteiger partial charge is 0.328 e. The topological polar surface area (TPSA) is 64.0 Å². The predicted octanol–water partition coefficient (Wildman–Crippen LogP) is 3.44. The van der Waals surface area contributed by atoms with Crippen molar-refractivity contribution in [3.8, 4) is 11.3 Å². The summed E-state index contributed by atoms with van der Waals surface area (Å²) in [6.07, 6.45) is 3.85. The predicted molar refractivity (Wildman–Crippen MR) is 93.2 cm³/mol. The van der Waals surface area contributed by atoms with Gasteiger partial charge >= 0.3 is 0 Å². The molecule has 1 aromatic heterocycles. The van der Waals surface area contributed by atoms with E-state index in [4.69, 9.17) is 0 Å². The third kappa shape index (κ3) is 3.02. The molecule has 2 aromatic carbocycles. The van der Waals surface area contributed by atoms with Gasteiger partial charge in [-0.2, -0.15) is 0 Å². The van der Waals surface area contributed by atoms with Crippen molar-refractivity contribution in [3.63, 3.8) is 0 Å². The summed E-state index contributed by atoms with van der Waals surface area (Å²) in [5, 5.41) is 0. The second-order valence-corrected chi connectivity index (χ2v) is 7.64. The molecule has 0 aliphatic carbocycles. The summed E-state index contributed by atoms with van der Waals surface area (Å²) < 4.78 is 42.9. The number of nitrogens with zero attached hydrogens (tertiary/aromatic N) is 2. The van der Waals surface area contributed by atoms with Crippen LogP contribution in [0.25, 0.3) is 11.3 Å². The number of sulfonamides is 1. The van der Waals surface area contributed by atoms with Gasteiger partial charge in [-0.05, 0) is 36.8 Å². The van der Waals surface area contributed by atoms with Crippen LogP contribution in [0.1, 0.15) is 12.2 Å². The summed E-state index contributed by atoms with van der Waals surface area (Å²) in [5.74, 6) is 0.465. The zero-order chi connectivity index (χ0) is 17.4. The second kappa shape index (κ2) is 6.00. The lowest BCUT2D eigenvalue weighted by Gasteiger charge is -2.10. The molecule has 0 saturated carbocycles. The molecule has 0 fully saturated rings. The molecule has 3 aromatic rings. The molecule has 0 atom stereocenters. The molecule has 0 amide bonds. The number of hydrogen-bond acceptors (Lipinski definition) is 3. The molecule has 1 aliphatic rings. The van der Waals surface area contributed by atoms with Crippen LogP contribution in [-0.2, 0) is 23.0 Å². The van der Waals surface area contributed by atoms with Crippen LogP contribution in [0, 0.1) is 5.82 Å². The number of hydrogen-bond donors (Lipinski definition) is 1. The minimum atomic E-state index is -3.85. The molecule has 0 unspecified atom stereocenters. The van der Waals surface area contributed by atoms with Gasteiger partial charge in [0.1, 0.15) is 11.6 Å². The Morgan fingerprint density at radius 2 is 1.96 bits per heavy atom.